The Labute approximate surface area is 142 Å². The number of nitrogens with one attached hydrogen (secondary N) is 1. The van der Waals surface area contributed by atoms with Gasteiger partial charge >= 0.3 is 0 Å². The summed E-state index contributed by atoms with van der Waals surface area (Å²) >= 11 is 0. The molecule has 1 saturated carbocycles. The monoisotopic (exact) mass is 331 g/mol. The number of hydrogen-bond acceptors (Lipinski definition) is 5. The molecule has 2 N–H and O–H groups in total. The van der Waals surface area contributed by atoms with Crippen LogP contribution in [0.15, 0.2) is 12.1 Å². The van der Waals surface area contributed by atoms with Crippen molar-refractivity contribution in [3.8, 4) is 11.5 Å². The van der Waals surface area contributed by atoms with E-state index in [1.54, 1.807) is 7.11 Å². The molecule has 0 spiro atoms. The molecule has 0 bridgehead atoms. The van der Waals surface area contributed by atoms with Crippen LogP contribution >= 0.6 is 0 Å². The van der Waals surface area contributed by atoms with E-state index in [9.17, 15) is 9.90 Å². The van der Waals surface area contributed by atoms with Gasteiger partial charge in [0.2, 0.25) is 0 Å². The van der Waals surface area contributed by atoms with Crippen molar-refractivity contribution in [1.29, 1.82) is 0 Å². The number of benzene rings is 1. The number of methoxy groups -OCH3 is 1. The second-order valence-electron chi connectivity index (χ2n) is 7.29. The van der Waals surface area contributed by atoms with Crippen molar-refractivity contribution in [1.82, 2.24) is 5.32 Å². The van der Waals surface area contributed by atoms with Gasteiger partial charge < -0.3 is 19.9 Å². The third-order valence-electron chi connectivity index (χ3n) is 6.37. The molecule has 0 amide bonds. The number of aliphatic hydroxyl groups is 1. The van der Waals surface area contributed by atoms with Crippen LogP contribution in [0, 0.1) is 0 Å². The van der Waals surface area contributed by atoms with Crippen LogP contribution in [0.5, 0.6) is 11.5 Å². The highest BCUT2D eigenvalue weighted by Gasteiger charge is 2.70. The van der Waals surface area contributed by atoms with Gasteiger partial charge in [0, 0.05) is 18.0 Å². The van der Waals surface area contributed by atoms with E-state index in [2.05, 4.69) is 18.3 Å². The van der Waals surface area contributed by atoms with Gasteiger partial charge in [-0.1, -0.05) is 19.4 Å². The largest absolute Gasteiger partial charge is 0.493 e. The summed E-state index contributed by atoms with van der Waals surface area (Å²) in [5.41, 5.74) is 0.500. The van der Waals surface area contributed by atoms with Crippen LogP contribution < -0.4 is 14.8 Å². The summed E-state index contributed by atoms with van der Waals surface area (Å²) in [5, 5.41) is 15.1. The number of likely N-dealkylation sites (N-methyl/N-ethyl adjacent to an activating group) is 1. The average molecular weight is 331 g/mol. The van der Waals surface area contributed by atoms with Gasteiger partial charge in [-0.2, -0.15) is 0 Å². The summed E-state index contributed by atoms with van der Waals surface area (Å²) in [6.45, 7) is 2.10. The molecule has 1 aromatic carbocycles. The molecule has 24 heavy (non-hydrogen) atoms. The number of ether oxygens (including phenoxy) is 2. The lowest BCUT2D eigenvalue weighted by molar-refractivity contribution is -0.159. The van der Waals surface area contributed by atoms with Crippen LogP contribution in [0.3, 0.4) is 0 Å². The SMILES string of the molecule is CCC[C@]12c3c4ccc(OC)c3O[C@H]1C(=O)CC[C@@]2(O)[C@H](NC)C4. The molecule has 0 unspecified atom stereocenters. The third kappa shape index (κ3) is 1.64. The third-order valence-corrected chi connectivity index (χ3v) is 6.37. The Kier molecular flexibility index (Phi) is 3.45. The first-order valence-corrected chi connectivity index (χ1v) is 8.82. The Morgan fingerprint density at radius 2 is 2.25 bits per heavy atom. The van der Waals surface area contributed by atoms with Crippen LogP contribution in [0.1, 0.15) is 43.7 Å². The van der Waals surface area contributed by atoms with E-state index in [0.717, 1.165) is 30.4 Å². The van der Waals surface area contributed by atoms with Gasteiger partial charge in [0.05, 0.1) is 18.1 Å². The normalized spacial score (nSPS) is 36.2. The highest BCUT2D eigenvalue weighted by Crippen LogP contribution is 2.62. The van der Waals surface area contributed by atoms with Crippen LogP contribution in [-0.2, 0) is 16.6 Å². The molecular formula is C19H25NO4. The molecule has 130 valence electrons. The second kappa shape index (κ2) is 5.20. The van der Waals surface area contributed by atoms with Crippen LogP contribution in [-0.4, -0.2) is 42.8 Å². The molecule has 4 rings (SSSR count). The van der Waals surface area contributed by atoms with Gasteiger partial charge in [-0.05, 0) is 37.9 Å². The lowest BCUT2D eigenvalue weighted by Gasteiger charge is -2.56. The molecule has 0 saturated heterocycles. The summed E-state index contributed by atoms with van der Waals surface area (Å²) in [5.74, 6) is 1.41. The van der Waals surface area contributed by atoms with Gasteiger partial charge in [0.25, 0.3) is 0 Å². The second-order valence-corrected chi connectivity index (χ2v) is 7.29. The molecule has 1 aliphatic heterocycles. The Balaban J connectivity index is 2.05. The number of ketones is 1. The van der Waals surface area contributed by atoms with E-state index < -0.39 is 17.1 Å². The van der Waals surface area contributed by atoms with Crippen molar-refractivity contribution >= 4 is 5.78 Å². The van der Waals surface area contributed by atoms with Crippen molar-refractivity contribution in [3.63, 3.8) is 0 Å². The molecule has 1 fully saturated rings. The van der Waals surface area contributed by atoms with Crippen LogP contribution in [0.25, 0.3) is 0 Å². The zero-order valence-electron chi connectivity index (χ0n) is 14.5. The van der Waals surface area contributed by atoms with Crippen molar-refractivity contribution in [2.45, 2.75) is 62.2 Å². The molecule has 4 atom stereocenters. The molecular weight excluding hydrogens is 306 g/mol. The van der Waals surface area contributed by atoms with Crippen molar-refractivity contribution < 1.29 is 19.4 Å². The van der Waals surface area contributed by atoms with Crippen LogP contribution in [0.4, 0.5) is 0 Å². The highest BCUT2D eigenvalue weighted by molar-refractivity contribution is 5.89. The zero-order chi connectivity index (χ0) is 17.1. The summed E-state index contributed by atoms with van der Waals surface area (Å²) in [7, 11) is 3.50. The minimum Gasteiger partial charge on any atom is -0.493 e. The van der Waals surface area contributed by atoms with Crippen molar-refractivity contribution in [3.05, 3.63) is 23.3 Å². The summed E-state index contributed by atoms with van der Waals surface area (Å²) in [4.78, 5) is 12.7. The lowest BCUT2D eigenvalue weighted by atomic mass is 9.50. The molecule has 0 aromatic heterocycles. The fourth-order valence-electron chi connectivity index (χ4n) is 5.42. The van der Waals surface area contributed by atoms with Gasteiger partial charge in [0.1, 0.15) is 0 Å². The minimum atomic E-state index is -0.985. The van der Waals surface area contributed by atoms with Gasteiger partial charge in [-0.25, -0.2) is 0 Å². The standard InChI is InChI=1S/C19H25NO4/c1-4-8-18-15-11-5-6-13(23-3)16(15)24-17(18)12(21)7-9-19(18,22)14(10-11)20-2/h5-6,14,17,20,22H,4,7-10H2,1-3H3/t14-,17+,18+,19-/m1/s1. The first kappa shape index (κ1) is 15.9. The maximum atomic E-state index is 12.7. The van der Waals surface area contributed by atoms with Crippen molar-refractivity contribution in [2.75, 3.05) is 14.2 Å². The zero-order valence-corrected chi connectivity index (χ0v) is 14.5. The average Bonchev–Trinajstić information content (AvgIpc) is 2.94. The summed E-state index contributed by atoms with van der Waals surface area (Å²) < 4.78 is 11.7. The van der Waals surface area contributed by atoms with E-state index >= 15 is 0 Å². The van der Waals surface area contributed by atoms with Crippen molar-refractivity contribution in [2.24, 2.45) is 0 Å². The summed E-state index contributed by atoms with van der Waals surface area (Å²) in [6.07, 6.45) is 2.56. The van der Waals surface area contributed by atoms with Gasteiger partial charge in [0.15, 0.2) is 23.4 Å². The smallest absolute Gasteiger partial charge is 0.174 e. The molecule has 2 aliphatic carbocycles. The predicted octanol–water partition coefficient (Wildman–Crippen LogP) is 1.73. The number of Topliss-reactive ketones (excluding diaryl/α,β-unsaturated/α-hetero) is 1. The fourth-order valence-corrected chi connectivity index (χ4v) is 5.42. The van der Waals surface area contributed by atoms with E-state index in [1.165, 1.54) is 0 Å². The fraction of sp³-hybridized carbons (Fsp3) is 0.632. The quantitative estimate of drug-likeness (QED) is 0.879. The Bertz CT molecular complexity index is 703. The van der Waals surface area contributed by atoms with Crippen LogP contribution in [0.2, 0.25) is 0 Å². The predicted molar refractivity (Wildman–Crippen MR) is 89.7 cm³/mol. The van der Waals surface area contributed by atoms with E-state index in [4.69, 9.17) is 9.47 Å². The van der Waals surface area contributed by atoms with E-state index in [0.29, 0.717) is 24.3 Å². The topological polar surface area (TPSA) is 67.8 Å². The maximum Gasteiger partial charge on any atom is 0.174 e. The molecule has 0 radical (unpaired) electrons. The molecule has 5 nitrogen and oxygen atoms in total. The molecule has 5 heteroatoms. The lowest BCUT2D eigenvalue weighted by Crippen LogP contribution is -2.72. The van der Waals surface area contributed by atoms with Gasteiger partial charge in [-0.3, -0.25) is 4.79 Å². The van der Waals surface area contributed by atoms with E-state index in [-0.39, 0.29) is 11.8 Å². The highest BCUT2D eigenvalue weighted by atomic mass is 16.5. The summed E-state index contributed by atoms with van der Waals surface area (Å²) in [6, 6.07) is 3.88. The number of carbonyl (C=O) groups excluding carboxylic acids is 1. The molecule has 3 aliphatic rings. The first-order valence-electron chi connectivity index (χ1n) is 8.82. The number of carbonyl (C=O) groups is 1. The minimum absolute atomic E-state index is 0.0879. The Hall–Kier alpha value is -1.59. The van der Waals surface area contributed by atoms with Gasteiger partial charge in [-0.15, -0.1) is 0 Å². The molecule has 1 heterocycles. The maximum absolute atomic E-state index is 12.7. The van der Waals surface area contributed by atoms with E-state index in [1.807, 2.05) is 13.1 Å². The Morgan fingerprint density at radius 3 is 2.92 bits per heavy atom. The first-order chi connectivity index (χ1) is 11.5. The number of hydrogen-bond donors (Lipinski definition) is 2. The molecule has 1 aromatic rings. The Morgan fingerprint density at radius 1 is 1.46 bits per heavy atom. The number of rotatable bonds is 4.